The number of ketones is 2. The summed E-state index contributed by atoms with van der Waals surface area (Å²) in [5.41, 5.74) is -1.12. The number of carbonyl (C=O) groups excluding carboxylic acids is 4. The summed E-state index contributed by atoms with van der Waals surface area (Å²) in [7, 11) is -2.64. The summed E-state index contributed by atoms with van der Waals surface area (Å²) in [6.45, 7) is 7.16. The van der Waals surface area contributed by atoms with Gasteiger partial charge in [-0.1, -0.05) is 25.0 Å². The Balaban J connectivity index is 1.23. The van der Waals surface area contributed by atoms with Gasteiger partial charge in [-0.2, -0.15) is 0 Å². The Morgan fingerprint density at radius 2 is 1.90 bits per heavy atom. The molecule has 2 aliphatic carbocycles. The van der Waals surface area contributed by atoms with Gasteiger partial charge in [-0.3, -0.25) is 23.9 Å². The molecule has 12 nitrogen and oxygen atoms in total. The zero-order valence-electron chi connectivity index (χ0n) is 33.7. The lowest BCUT2D eigenvalue weighted by atomic mass is 9.90. The molecule has 2 aliphatic heterocycles. The minimum atomic E-state index is -3.98. The molecule has 58 heavy (non-hydrogen) atoms. The van der Waals surface area contributed by atoms with Crippen LogP contribution in [0.1, 0.15) is 106 Å². The van der Waals surface area contributed by atoms with Crippen molar-refractivity contribution < 1.29 is 46.2 Å². The van der Waals surface area contributed by atoms with Crippen LogP contribution in [0.2, 0.25) is 0 Å². The molecular formula is C43H52FN3O9S2. The number of allylic oxidation sites excluding steroid dienone is 2. The maximum absolute atomic E-state index is 14.9. The Bertz CT molecular complexity index is 2250. The zero-order chi connectivity index (χ0) is 41.6. The van der Waals surface area contributed by atoms with Crippen molar-refractivity contribution in [2.24, 2.45) is 17.3 Å². The predicted molar refractivity (Wildman–Crippen MR) is 217 cm³/mol. The first-order valence-electron chi connectivity index (χ1n) is 20.2. The van der Waals surface area contributed by atoms with Gasteiger partial charge in [-0.15, -0.1) is 11.3 Å². The number of amides is 2. The number of rotatable bonds is 11. The summed E-state index contributed by atoms with van der Waals surface area (Å²) in [4.78, 5) is 64.7. The highest BCUT2D eigenvalue weighted by atomic mass is 32.2. The molecule has 2 aromatic heterocycles. The number of aryl methyl sites for hydroxylation is 1. The van der Waals surface area contributed by atoms with Gasteiger partial charge in [-0.25, -0.2) is 17.8 Å². The Hall–Kier alpha value is -4.37. The van der Waals surface area contributed by atoms with E-state index in [1.807, 2.05) is 39.0 Å². The van der Waals surface area contributed by atoms with Crippen LogP contribution >= 0.6 is 11.3 Å². The molecule has 15 heteroatoms. The van der Waals surface area contributed by atoms with E-state index in [1.54, 1.807) is 19.1 Å². The minimum absolute atomic E-state index is 0.00415. The molecular weight excluding hydrogens is 786 g/mol. The summed E-state index contributed by atoms with van der Waals surface area (Å²) in [6, 6.07) is 6.98. The van der Waals surface area contributed by atoms with E-state index in [1.165, 1.54) is 35.5 Å². The van der Waals surface area contributed by atoms with Crippen molar-refractivity contribution in [1.82, 2.24) is 14.6 Å². The average Bonchev–Trinajstić information content (AvgIpc) is 3.96. The molecule has 0 unspecified atom stereocenters. The molecule has 3 aromatic rings. The van der Waals surface area contributed by atoms with Crippen molar-refractivity contribution in [3.05, 3.63) is 58.1 Å². The van der Waals surface area contributed by atoms with Gasteiger partial charge >= 0.3 is 0 Å². The van der Waals surface area contributed by atoms with Crippen molar-refractivity contribution in [2.75, 3.05) is 13.7 Å². The maximum atomic E-state index is 14.9. The Labute approximate surface area is 342 Å². The van der Waals surface area contributed by atoms with E-state index in [2.05, 4.69) is 9.71 Å². The fourth-order valence-corrected chi connectivity index (χ4v) is 10.4. The van der Waals surface area contributed by atoms with Gasteiger partial charge < -0.3 is 19.1 Å². The van der Waals surface area contributed by atoms with Gasteiger partial charge in [0.25, 0.3) is 0 Å². The highest BCUT2D eigenvalue weighted by Gasteiger charge is 2.62. The summed E-state index contributed by atoms with van der Waals surface area (Å²) < 4.78 is 60.6. The normalized spacial score (nSPS) is 26.6. The first-order valence-corrected chi connectivity index (χ1v) is 22.5. The number of halogens is 1. The van der Waals surface area contributed by atoms with Gasteiger partial charge in [0, 0.05) is 41.5 Å². The number of Topliss-reactive ketones (excluding diaryl/α,β-unsaturated/α-hetero) is 2. The summed E-state index contributed by atoms with van der Waals surface area (Å²) in [5.74, 6) is -2.90. The van der Waals surface area contributed by atoms with E-state index >= 15 is 0 Å². The monoisotopic (exact) mass is 837 g/mol. The number of pyridine rings is 1. The molecule has 1 aromatic carbocycles. The molecule has 7 rings (SSSR count). The highest BCUT2D eigenvalue weighted by molar-refractivity contribution is 7.91. The van der Waals surface area contributed by atoms with Crippen LogP contribution in [0.15, 0.2) is 42.5 Å². The predicted octanol–water partition coefficient (Wildman–Crippen LogP) is 7.26. The maximum Gasteiger partial charge on any atom is 0.240 e. The molecule has 0 radical (unpaired) electrons. The average molecular weight is 838 g/mol. The van der Waals surface area contributed by atoms with Crippen LogP contribution in [0.25, 0.3) is 10.9 Å². The van der Waals surface area contributed by atoms with Crippen LogP contribution in [0.4, 0.5) is 4.39 Å². The summed E-state index contributed by atoms with van der Waals surface area (Å²) in [5, 5.41) is 0.431. The van der Waals surface area contributed by atoms with E-state index in [9.17, 15) is 32.0 Å². The van der Waals surface area contributed by atoms with Gasteiger partial charge in [0.15, 0.2) is 23.1 Å². The smallest absolute Gasteiger partial charge is 0.240 e. The molecule has 5 atom stereocenters. The molecule has 4 heterocycles. The second-order valence-corrected chi connectivity index (χ2v) is 20.4. The first kappa shape index (κ1) is 41.8. The summed E-state index contributed by atoms with van der Waals surface area (Å²) >= 11 is 1.38. The van der Waals surface area contributed by atoms with Gasteiger partial charge in [0.2, 0.25) is 27.7 Å². The molecule has 3 fully saturated rings. The largest absolute Gasteiger partial charge is 0.491 e. The number of sulfonamides is 1. The quantitative estimate of drug-likeness (QED) is 0.154. The van der Waals surface area contributed by atoms with Crippen molar-refractivity contribution >= 4 is 55.6 Å². The fourth-order valence-electron chi connectivity index (χ4n) is 8.29. The molecule has 312 valence electrons. The van der Waals surface area contributed by atoms with Crippen LogP contribution in [-0.4, -0.2) is 78.3 Å². The number of methoxy groups -OCH3 is 1. The lowest BCUT2D eigenvalue weighted by Crippen LogP contribution is -2.47. The van der Waals surface area contributed by atoms with E-state index in [0.717, 1.165) is 24.1 Å². The molecule has 2 amide bonds. The Kier molecular flexibility index (Phi) is 11.8. The minimum Gasteiger partial charge on any atom is -0.491 e. The standard InChI is InChI=1S/C43H52FN3O9S2/c1-25(2)55-37-21-35(30-14-15-31(44)39(54-5)38(30)45-37)56-29-20-32-34(49)23-43(41(51)46-58(52,53)42(4)17-18-42)22-28(43)12-10-8-6-7-9-11-27(40(50)47(32)24-29)19-33(48)36-16-13-26(3)57-36/h10,12-16,21,25,27-29,32H,6-9,11,17-20,22-24H2,1-5H3,(H,46,51)/b12-10-/t27-,28-,29-,32+,43-/m1/s1. The number of hydrogen-bond acceptors (Lipinski definition) is 11. The van der Waals surface area contributed by atoms with Gasteiger partial charge in [0.05, 0.1) is 40.8 Å². The SMILES string of the molecule is COc1c(F)ccc2c(O[C@@H]3C[C@H]4C(=O)C[C@]5(C(=O)NS(=O)(=O)C6(C)CC6)C[C@H]5/C=C\CCCCC[C@H](CC(=O)c5ccc(C)s5)C(=O)N4C3)cc(OC(C)C)nc12. The van der Waals surface area contributed by atoms with E-state index in [4.69, 9.17) is 14.2 Å². The fraction of sp³-hybridized carbons (Fsp3) is 0.558. The summed E-state index contributed by atoms with van der Waals surface area (Å²) in [6.07, 6.45) is 7.36. The molecule has 4 aliphatic rings. The first-order chi connectivity index (χ1) is 27.5. The zero-order valence-corrected chi connectivity index (χ0v) is 35.3. The lowest BCUT2D eigenvalue weighted by molar-refractivity contribution is -0.142. The second kappa shape index (κ2) is 16.4. The van der Waals surface area contributed by atoms with E-state index < -0.39 is 50.0 Å². The topological polar surface area (TPSA) is 158 Å². The number of benzene rings is 1. The molecule has 0 spiro atoms. The van der Waals surface area contributed by atoms with Crippen molar-refractivity contribution in [1.29, 1.82) is 0 Å². The van der Waals surface area contributed by atoms with Gasteiger partial charge in [-0.05, 0) is 96.4 Å². The molecule has 0 bridgehead atoms. The van der Waals surface area contributed by atoms with E-state index in [-0.39, 0.29) is 78.2 Å². The number of carbonyl (C=O) groups is 4. The molecule has 1 N–H and O–H groups in total. The number of ether oxygens (including phenoxy) is 3. The molecule has 1 saturated heterocycles. The third-order valence-corrected chi connectivity index (χ3v) is 15.3. The number of aromatic nitrogens is 1. The van der Waals surface area contributed by atoms with Crippen LogP contribution in [-0.2, 0) is 24.4 Å². The van der Waals surface area contributed by atoms with Crippen LogP contribution in [0.5, 0.6) is 17.4 Å². The second-order valence-electron chi connectivity index (χ2n) is 16.9. The van der Waals surface area contributed by atoms with Crippen molar-refractivity contribution in [3.8, 4) is 17.4 Å². The molecule has 2 saturated carbocycles. The van der Waals surface area contributed by atoms with Crippen LogP contribution in [0.3, 0.4) is 0 Å². The van der Waals surface area contributed by atoms with Gasteiger partial charge in [0.1, 0.15) is 17.4 Å². The lowest BCUT2D eigenvalue weighted by Gasteiger charge is -2.29. The van der Waals surface area contributed by atoms with Crippen LogP contribution in [0, 0.1) is 30.0 Å². The number of nitrogens with one attached hydrogen (secondary N) is 1. The van der Waals surface area contributed by atoms with Crippen molar-refractivity contribution in [3.63, 3.8) is 0 Å². The Morgan fingerprint density at radius 3 is 2.59 bits per heavy atom. The third kappa shape index (κ3) is 8.52. The Morgan fingerprint density at radius 1 is 1.12 bits per heavy atom. The van der Waals surface area contributed by atoms with Crippen molar-refractivity contribution in [2.45, 2.75) is 121 Å². The van der Waals surface area contributed by atoms with Crippen LogP contribution < -0.4 is 18.9 Å². The third-order valence-electron chi connectivity index (χ3n) is 12.1. The van der Waals surface area contributed by atoms with E-state index in [0.29, 0.717) is 42.4 Å². The number of hydrogen-bond donors (Lipinski definition) is 1. The highest BCUT2D eigenvalue weighted by Crippen LogP contribution is 2.57. The number of thiophene rings is 1. The number of nitrogens with zero attached hydrogens (tertiary/aromatic N) is 2. The number of fused-ring (bicyclic) bond motifs is 3.